The molecule has 0 aliphatic heterocycles. The van der Waals surface area contributed by atoms with Crippen molar-refractivity contribution >= 4 is 22.1 Å². The number of benzene rings is 2. The van der Waals surface area contributed by atoms with Crippen molar-refractivity contribution in [3.8, 4) is 0 Å². The average Bonchev–Trinajstić information content (AvgIpc) is 3.12. The standard InChI is InChI=1S/C20H22FN5O/c1-3-8-25-16-6-4-13(11-22)9-15(16)23-19(25)12-26-18-10-14(21)5-7-17(18)24(2)20(26)27/h4-7,9-10H,3,8,11-12,22H2,1-2H3. The summed E-state index contributed by atoms with van der Waals surface area (Å²) in [6.45, 7) is 3.63. The molecule has 2 heterocycles. The minimum Gasteiger partial charge on any atom is -0.326 e. The van der Waals surface area contributed by atoms with Gasteiger partial charge in [-0.25, -0.2) is 14.2 Å². The normalized spacial score (nSPS) is 11.7. The number of aromatic nitrogens is 4. The van der Waals surface area contributed by atoms with E-state index < -0.39 is 0 Å². The number of aryl methyl sites for hydroxylation is 2. The van der Waals surface area contributed by atoms with Gasteiger partial charge in [0, 0.05) is 20.1 Å². The van der Waals surface area contributed by atoms with Gasteiger partial charge in [0.25, 0.3) is 0 Å². The third kappa shape index (κ3) is 2.84. The van der Waals surface area contributed by atoms with Crippen LogP contribution in [-0.4, -0.2) is 18.7 Å². The predicted octanol–water partition coefficient (Wildman–Crippen LogP) is 2.75. The number of nitrogens with two attached hydrogens (primary N) is 1. The highest BCUT2D eigenvalue weighted by atomic mass is 19.1. The maximum Gasteiger partial charge on any atom is 0.329 e. The van der Waals surface area contributed by atoms with E-state index in [9.17, 15) is 9.18 Å². The molecule has 0 saturated carbocycles. The molecule has 140 valence electrons. The van der Waals surface area contributed by atoms with Gasteiger partial charge in [-0.3, -0.25) is 9.13 Å². The molecular weight excluding hydrogens is 345 g/mol. The molecule has 2 N–H and O–H groups in total. The van der Waals surface area contributed by atoms with E-state index in [1.807, 2.05) is 18.2 Å². The maximum atomic E-state index is 13.8. The molecule has 0 saturated heterocycles. The lowest BCUT2D eigenvalue weighted by atomic mass is 10.2. The van der Waals surface area contributed by atoms with Gasteiger partial charge in [0.2, 0.25) is 0 Å². The molecule has 0 bridgehead atoms. The fourth-order valence-electron chi connectivity index (χ4n) is 3.62. The second kappa shape index (κ2) is 6.66. The van der Waals surface area contributed by atoms with Crippen molar-refractivity contribution < 1.29 is 4.39 Å². The SMILES string of the molecule is CCCn1c(Cn2c(=O)n(C)c3ccc(F)cc32)nc2cc(CN)ccc21. The first-order valence-electron chi connectivity index (χ1n) is 9.06. The molecule has 0 fully saturated rings. The third-order valence-corrected chi connectivity index (χ3v) is 4.98. The van der Waals surface area contributed by atoms with Crippen LogP contribution in [-0.2, 0) is 26.7 Å². The first kappa shape index (κ1) is 17.5. The number of halogens is 1. The van der Waals surface area contributed by atoms with Crippen LogP contribution >= 0.6 is 0 Å². The molecule has 0 aliphatic carbocycles. The van der Waals surface area contributed by atoms with Crippen LogP contribution in [0.15, 0.2) is 41.2 Å². The van der Waals surface area contributed by atoms with Gasteiger partial charge in [0.15, 0.2) is 0 Å². The molecule has 0 aliphatic rings. The van der Waals surface area contributed by atoms with Gasteiger partial charge in [-0.15, -0.1) is 0 Å². The minimum atomic E-state index is -0.364. The molecule has 27 heavy (non-hydrogen) atoms. The van der Waals surface area contributed by atoms with Gasteiger partial charge in [-0.05, 0) is 42.3 Å². The van der Waals surface area contributed by atoms with E-state index in [0.717, 1.165) is 35.4 Å². The summed E-state index contributed by atoms with van der Waals surface area (Å²) >= 11 is 0. The number of rotatable bonds is 5. The largest absolute Gasteiger partial charge is 0.329 e. The molecule has 0 unspecified atom stereocenters. The zero-order valence-corrected chi connectivity index (χ0v) is 15.4. The summed E-state index contributed by atoms with van der Waals surface area (Å²) in [4.78, 5) is 17.5. The summed E-state index contributed by atoms with van der Waals surface area (Å²) in [6, 6.07) is 10.4. The molecular formula is C20H22FN5O. The van der Waals surface area contributed by atoms with Crippen LogP contribution in [0.3, 0.4) is 0 Å². The minimum absolute atomic E-state index is 0.187. The number of nitrogens with zero attached hydrogens (tertiary/aromatic N) is 4. The predicted molar refractivity (Wildman–Crippen MR) is 104 cm³/mol. The summed E-state index contributed by atoms with van der Waals surface area (Å²) in [5.41, 5.74) is 9.72. The van der Waals surface area contributed by atoms with Gasteiger partial charge in [-0.1, -0.05) is 13.0 Å². The number of hydrogen-bond acceptors (Lipinski definition) is 3. The summed E-state index contributed by atoms with van der Waals surface area (Å²) in [5.74, 6) is 0.413. The van der Waals surface area contributed by atoms with E-state index >= 15 is 0 Å². The van der Waals surface area contributed by atoms with Crippen molar-refractivity contribution in [2.45, 2.75) is 33.0 Å². The first-order valence-corrected chi connectivity index (χ1v) is 9.06. The van der Waals surface area contributed by atoms with Crippen LogP contribution in [0.25, 0.3) is 22.1 Å². The Morgan fingerprint density at radius 1 is 1.07 bits per heavy atom. The van der Waals surface area contributed by atoms with Gasteiger partial charge in [-0.2, -0.15) is 0 Å². The van der Waals surface area contributed by atoms with Crippen molar-refractivity contribution in [1.82, 2.24) is 18.7 Å². The molecule has 2 aromatic carbocycles. The van der Waals surface area contributed by atoms with Gasteiger partial charge >= 0.3 is 5.69 Å². The smallest absolute Gasteiger partial charge is 0.326 e. The second-order valence-corrected chi connectivity index (χ2v) is 6.77. The molecule has 0 spiro atoms. The van der Waals surface area contributed by atoms with Crippen LogP contribution in [0.1, 0.15) is 24.7 Å². The average molecular weight is 367 g/mol. The van der Waals surface area contributed by atoms with Crippen LogP contribution in [0.4, 0.5) is 4.39 Å². The summed E-state index contributed by atoms with van der Waals surface area (Å²) in [6.07, 6.45) is 0.941. The Morgan fingerprint density at radius 2 is 1.85 bits per heavy atom. The third-order valence-electron chi connectivity index (χ3n) is 4.98. The Morgan fingerprint density at radius 3 is 2.59 bits per heavy atom. The van der Waals surface area contributed by atoms with E-state index in [1.54, 1.807) is 17.7 Å². The molecule has 0 atom stereocenters. The van der Waals surface area contributed by atoms with Gasteiger partial charge in [0.05, 0.1) is 28.6 Å². The quantitative estimate of drug-likeness (QED) is 0.590. The molecule has 4 rings (SSSR count). The maximum absolute atomic E-state index is 13.8. The Labute approximate surface area is 155 Å². The zero-order chi connectivity index (χ0) is 19.1. The lowest BCUT2D eigenvalue weighted by Crippen LogP contribution is -2.24. The van der Waals surface area contributed by atoms with Crippen LogP contribution in [0.2, 0.25) is 0 Å². The van der Waals surface area contributed by atoms with Crippen molar-refractivity contribution in [3.63, 3.8) is 0 Å². The van der Waals surface area contributed by atoms with E-state index in [2.05, 4.69) is 11.5 Å². The fraction of sp³-hybridized carbons (Fsp3) is 0.300. The number of hydrogen-bond donors (Lipinski definition) is 1. The van der Waals surface area contributed by atoms with Crippen LogP contribution in [0.5, 0.6) is 0 Å². The monoisotopic (exact) mass is 367 g/mol. The van der Waals surface area contributed by atoms with Crippen molar-refractivity contribution in [3.05, 3.63) is 64.1 Å². The van der Waals surface area contributed by atoms with Crippen LogP contribution < -0.4 is 11.4 Å². The van der Waals surface area contributed by atoms with E-state index in [4.69, 9.17) is 10.7 Å². The molecule has 0 radical (unpaired) electrons. The molecule has 0 amide bonds. The van der Waals surface area contributed by atoms with E-state index in [1.165, 1.54) is 16.7 Å². The summed E-state index contributed by atoms with van der Waals surface area (Å²) < 4.78 is 19.0. The molecule has 6 nitrogen and oxygen atoms in total. The molecule has 2 aromatic heterocycles. The van der Waals surface area contributed by atoms with Crippen LogP contribution in [0, 0.1) is 5.82 Å². The highest BCUT2D eigenvalue weighted by Crippen LogP contribution is 2.21. The van der Waals surface area contributed by atoms with E-state index in [0.29, 0.717) is 17.6 Å². The highest BCUT2D eigenvalue weighted by Gasteiger charge is 2.16. The first-order chi connectivity index (χ1) is 13.0. The highest BCUT2D eigenvalue weighted by molar-refractivity contribution is 5.78. The summed E-state index contributed by atoms with van der Waals surface area (Å²) in [7, 11) is 1.70. The summed E-state index contributed by atoms with van der Waals surface area (Å²) in [5, 5.41) is 0. The van der Waals surface area contributed by atoms with Crippen molar-refractivity contribution in [1.29, 1.82) is 0 Å². The second-order valence-electron chi connectivity index (χ2n) is 6.77. The number of imidazole rings is 2. The lowest BCUT2D eigenvalue weighted by Gasteiger charge is -2.09. The lowest BCUT2D eigenvalue weighted by molar-refractivity contribution is 0.614. The Hall–Kier alpha value is -2.93. The Kier molecular flexibility index (Phi) is 4.31. The van der Waals surface area contributed by atoms with Gasteiger partial charge in [0.1, 0.15) is 11.6 Å². The van der Waals surface area contributed by atoms with Gasteiger partial charge < -0.3 is 10.3 Å². The topological polar surface area (TPSA) is 70.8 Å². The number of fused-ring (bicyclic) bond motifs is 2. The Bertz CT molecular complexity index is 1200. The van der Waals surface area contributed by atoms with Crippen molar-refractivity contribution in [2.75, 3.05) is 0 Å². The Balaban J connectivity index is 1.90. The van der Waals surface area contributed by atoms with E-state index in [-0.39, 0.29) is 18.1 Å². The fourth-order valence-corrected chi connectivity index (χ4v) is 3.62. The zero-order valence-electron chi connectivity index (χ0n) is 15.4. The molecule has 7 heteroatoms. The van der Waals surface area contributed by atoms with Crippen molar-refractivity contribution in [2.24, 2.45) is 12.8 Å². The molecule has 4 aromatic rings.